The van der Waals surface area contributed by atoms with Crippen LogP contribution in [0.1, 0.15) is 20.3 Å². The van der Waals surface area contributed by atoms with Crippen molar-refractivity contribution in [3.63, 3.8) is 0 Å². The summed E-state index contributed by atoms with van der Waals surface area (Å²) in [4.78, 5) is 39.1. The van der Waals surface area contributed by atoms with Gasteiger partial charge in [0.25, 0.3) is 5.56 Å². The standard InChI is InChI=1S/C13H20N4O4S/c1-5-21-9(18)6-7-22-8(2)15-11-10(14)12(19)17(4)13(20)16(11)3/h5-7,14H2,1-4H3/b15-8+. The molecule has 1 aromatic rings. The van der Waals surface area contributed by atoms with Crippen LogP contribution in [0.15, 0.2) is 14.6 Å². The fourth-order valence-corrected chi connectivity index (χ4v) is 2.41. The second-order valence-electron chi connectivity index (χ2n) is 4.48. The zero-order chi connectivity index (χ0) is 16.9. The van der Waals surface area contributed by atoms with Gasteiger partial charge in [0.2, 0.25) is 0 Å². The van der Waals surface area contributed by atoms with Crippen LogP contribution in [0.3, 0.4) is 0 Å². The van der Waals surface area contributed by atoms with Crippen LogP contribution in [0.2, 0.25) is 0 Å². The molecule has 0 aliphatic heterocycles. The van der Waals surface area contributed by atoms with Crippen molar-refractivity contribution < 1.29 is 9.53 Å². The molecule has 0 saturated heterocycles. The summed E-state index contributed by atoms with van der Waals surface area (Å²) in [7, 11) is 2.85. The van der Waals surface area contributed by atoms with E-state index in [0.29, 0.717) is 17.4 Å². The summed E-state index contributed by atoms with van der Waals surface area (Å²) in [6.45, 7) is 3.82. The number of nitrogens with zero attached hydrogens (tertiary/aromatic N) is 3. The highest BCUT2D eigenvalue weighted by molar-refractivity contribution is 8.13. The lowest BCUT2D eigenvalue weighted by atomic mass is 10.4. The van der Waals surface area contributed by atoms with E-state index in [1.54, 1.807) is 13.8 Å². The molecule has 0 aromatic carbocycles. The largest absolute Gasteiger partial charge is 0.466 e. The van der Waals surface area contributed by atoms with Crippen molar-refractivity contribution in [1.82, 2.24) is 9.13 Å². The molecule has 9 heteroatoms. The Labute approximate surface area is 132 Å². The molecule has 0 bridgehead atoms. The molecule has 0 unspecified atom stereocenters. The number of ether oxygens (including phenoxy) is 1. The van der Waals surface area contributed by atoms with Crippen LogP contribution in [-0.4, -0.2) is 32.5 Å². The molecule has 8 nitrogen and oxygen atoms in total. The summed E-state index contributed by atoms with van der Waals surface area (Å²) in [5, 5.41) is 0.597. The quantitative estimate of drug-likeness (QED) is 0.476. The summed E-state index contributed by atoms with van der Waals surface area (Å²) in [5.41, 5.74) is 4.57. The van der Waals surface area contributed by atoms with Gasteiger partial charge in [-0.05, 0) is 13.8 Å². The Kier molecular flexibility index (Phi) is 6.41. The molecule has 1 heterocycles. The molecule has 1 rings (SSSR count). The van der Waals surface area contributed by atoms with Gasteiger partial charge < -0.3 is 10.5 Å². The third kappa shape index (κ3) is 4.23. The van der Waals surface area contributed by atoms with Crippen molar-refractivity contribution in [3.8, 4) is 0 Å². The number of hydrogen-bond acceptors (Lipinski definition) is 7. The van der Waals surface area contributed by atoms with E-state index in [4.69, 9.17) is 10.5 Å². The number of carbonyl (C=O) groups excluding carboxylic acids is 1. The van der Waals surface area contributed by atoms with Crippen molar-refractivity contribution in [2.75, 3.05) is 18.1 Å². The van der Waals surface area contributed by atoms with Crippen LogP contribution in [0.5, 0.6) is 0 Å². The lowest BCUT2D eigenvalue weighted by Crippen LogP contribution is -2.38. The van der Waals surface area contributed by atoms with E-state index in [0.717, 1.165) is 4.57 Å². The number of carbonyl (C=O) groups is 1. The molecule has 122 valence electrons. The molecular weight excluding hydrogens is 308 g/mol. The second-order valence-corrected chi connectivity index (χ2v) is 5.77. The van der Waals surface area contributed by atoms with E-state index in [-0.39, 0.29) is 23.9 Å². The molecule has 2 N–H and O–H groups in total. The smallest absolute Gasteiger partial charge is 0.332 e. The van der Waals surface area contributed by atoms with Gasteiger partial charge in [-0.2, -0.15) is 0 Å². The highest BCUT2D eigenvalue weighted by Crippen LogP contribution is 2.18. The van der Waals surface area contributed by atoms with Crippen LogP contribution < -0.4 is 17.0 Å². The minimum absolute atomic E-state index is 0.0880. The van der Waals surface area contributed by atoms with E-state index >= 15 is 0 Å². The number of aromatic nitrogens is 2. The van der Waals surface area contributed by atoms with Crippen molar-refractivity contribution in [1.29, 1.82) is 0 Å². The topological polar surface area (TPSA) is 109 Å². The Bertz CT molecular complexity index is 668. The number of esters is 1. The molecule has 22 heavy (non-hydrogen) atoms. The van der Waals surface area contributed by atoms with Crippen LogP contribution >= 0.6 is 11.8 Å². The first kappa shape index (κ1) is 18.0. The maximum atomic E-state index is 11.9. The maximum absolute atomic E-state index is 11.9. The second kappa shape index (κ2) is 7.83. The molecule has 0 spiro atoms. The van der Waals surface area contributed by atoms with Crippen molar-refractivity contribution in [2.24, 2.45) is 19.1 Å². The van der Waals surface area contributed by atoms with Crippen LogP contribution in [0.25, 0.3) is 0 Å². The minimum atomic E-state index is -0.578. The normalized spacial score (nSPS) is 11.5. The number of anilines is 1. The molecule has 0 radical (unpaired) electrons. The summed E-state index contributed by atoms with van der Waals surface area (Å²) in [5.74, 6) is 0.338. The SMILES string of the molecule is CCOC(=O)CCS/C(C)=N/c1c(N)c(=O)n(C)c(=O)n1C. The molecule has 0 amide bonds. The first-order chi connectivity index (χ1) is 10.3. The van der Waals surface area contributed by atoms with Crippen molar-refractivity contribution in [2.45, 2.75) is 20.3 Å². The summed E-state index contributed by atoms with van der Waals surface area (Å²) in [6, 6.07) is 0. The summed E-state index contributed by atoms with van der Waals surface area (Å²) < 4.78 is 6.97. The van der Waals surface area contributed by atoms with Gasteiger partial charge >= 0.3 is 11.7 Å². The molecule has 0 aliphatic carbocycles. The fraction of sp³-hybridized carbons (Fsp3) is 0.538. The maximum Gasteiger partial charge on any atom is 0.332 e. The lowest BCUT2D eigenvalue weighted by molar-refractivity contribution is -0.142. The predicted molar refractivity (Wildman–Crippen MR) is 87.8 cm³/mol. The highest BCUT2D eigenvalue weighted by atomic mass is 32.2. The molecule has 0 saturated carbocycles. The Hall–Kier alpha value is -2.03. The van der Waals surface area contributed by atoms with Crippen LogP contribution in [0, 0.1) is 0 Å². The third-order valence-corrected chi connectivity index (χ3v) is 3.77. The Morgan fingerprint density at radius 3 is 2.55 bits per heavy atom. The minimum Gasteiger partial charge on any atom is -0.466 e. The van der Waals surface area contributed by atoms with Crippen LogP contribution in [-0.2, 0) is 23.6 Å². The number of aliphatic imine (C=N–C) groups is 1. The lowest BCUT2D eigenvalue weighted by Gasteiger charge is -2.09. The fourth-order valence-electron chi connectivity index (χ4n) is 1.69. The zero-order valence-electron chi connectivity index (χ0n) is 13.1. The van der Waals surface area contributed by atoms with Gasteiger partial charge in [-0.25, -0.2) is 9.79 Å². The Morgan fingerprint density at radius 2 is 1.95 bits per heavy atom. The van der Waals surface area contributed by atoms with Gasteiger partial charge in [0.05, 0.1) is 18.1 Å². The molecule has 0 fully saturated rings. The van der Waals surface area contributed by atoms with Gasteiger partial charge in [-0.15, -0.1) is 11.8 Å². The van der Waals surface area contributed by atoms with E-state index in [2.05, 4.69) is 4.99 Å². The number of rotatable bonds is 5. The van der Waals surface area contributed by atoms with E-state index in [1.807, 2.05) is 0 Å². The van der Waals surface area contributed by atoms with E-state index in [1.165, 1.54) is 30.4 Å². The number of nitrogens with two attached hydrogens (primary N) is 1. The highest BCUT2D eigenvalue weighted by Gasteiger charge is 2.12. The predicted octanol–water partition coefficient (Wildman–Crippen LogP) is 0.402. The van der Waals surface area contributed by atoms with Crippen molar-refractivity contribution in [3.05, 3.63) is 20.8 Å². The first-order valence-corrected chi connectivity index (χ1v) is 7.67. The molecule has 0 aliphatic rings. The van der Waals surface area contributed by atoms with Gasteiger partial charge in [-0.1, -0.05) is 0 Å². The van der Waals surface area contributed by atoms with E-state index < -0.39 is 11.2 Å². The van der Waals surface area contributed by atoms with Crippen LogP contribution in [0.4, 0.5) is 11.5 Å². The number of hydrogen-bond donors (Lipinski definition) is 1. The first-order valence-electron chi connectivity index (χ1n) is 6.68. The Balaban J connectivity index is 2.92. The average molecular weight is 328 g/mol. The van der Waals surface area contributed by atoms with Gasteiger partial charge in [0.15, 0.2) is 5.82 Å². The number of thioether (sulfide) groups is 1. The van der Waals surface area contributed by atoms with Gasteiger partial charge in [0, 0.05) is 19.8 Å². The monoisotopic (exact) mass is 328 g/mol. The van der Waals surface area contributed by atoms with Gasteiger partial charge in [0.1, 0.15) is 5.69 Å². The summed E-state index contributed by atoms with van der Waals surface area (Å²) >= 11 is 1.33. The van der Waals surface area contributed by atoms with Gasteiger partial charge in [-0.3, -0.25) is 18.7 Å². The molecule has 0 atom stereocenters. The number of nitrogen functional groups attached to an aromatic ring is 1. The third-order valence-electron chi connectivity index (χ3n) is 2.85. The Morgan fingerprint density at radius 1 is 1.32 bits per heavy atom. The van der Waals surface area contributed by atoms with Crippen molar-refractivity contribution >= 4 is 34.3 Å². The molecule has 1 aromatic heterocycles. The molecular formula is C13H20N4O4S. The summed E-state index contributed by atoms with van der Waals surface area (Å²) in [6.07, 6.45) is 0.260. The average Bonchev–Trinajstić information content (AvgIpc) is 2.48. The zero-order valence-corrected chi connectivity index (χ0v) is 13.9. The van der Waals surface area contributed by atoms with E-state index in [9.17, 15) is 14.4 Å².